The molecular weight excluding hydrogens is 348 g/mol. The fraction of sp³-hybridized carbons (Fsp3) is 0.650. The minimum Gasteiger partial charge on any atom is -0.353 e. The van der Waals surface area contributed by atoms with Crippen LogP contribution in [-0.4, -0.2) is 43.5 Å². The summed E-state index contributed by atoms with van der Waals surface area (Å²) in [6.07, 6.45) is 4.84. The van der Waals surface area contributed by atoms with Gasteiger partial charge in [-0.25, -0.2) is 12.7 Å². The van der Waals surface area contributed by atoms with Gasteiger partial charge in [0.05, 0.1) is 11.7 Å². The molecule has 146 valence electrons. The van der Waals surface area contributed by atoms with Gasteiger partial charge in [-0.15, -0.1) is 0 Å². The Hall–Kier alpha value is -1.40. The van der Waals surface area contributed by atoms with Crippen LogP contribution >= 0.6 is 0 Å². The Kier molecular flexibility index (Phi) is 8.10. The van der Waals surface area contributed by atoms with Crippen molar-refractivity contribution in [3.8, 4) is 0 Å². The van der Waals surface area contributed by atoms with Gasteiger partial charge in [-0.1, -0.05) is 43.7 Å². The Labute approximate surface area is 158 Å². The molecule has 1 aliphatic heterocycles. The van der Waals surface area contributed by atoms with Crippen molar-refractivity contribution in [3.63, 3.8) is 0 Å². The lowest BCUT2D eigenvalue weighted by Crippen LogP contribution is -2.47. The highest BCUT2D eigenvalue weighted by Gasteiger charge is 2.32. The molecule has 1 N–H and O–H groups in total. The van der Waals surface area contributed by atoms with E-state index in [1.807, 2.05) is 37.3 Å². The summed E-state index contributed by atoms with van der Waals surface area (Å²) in [7, 11) is -3.31. The van der Waals surface area contributed by atoms with Gasteiger partial charge in [0.1, 0.15) is 0 Å². The fourth-order valence-corrected chi connectivity index (χ4v) is 5.09. The SMILES string of the molecule is CCC[C@@H](C)NC(=O)[C@@H]1CCCN(S(=O)(=O)CCCc2ccccc2)C1. The summed E-state index contributed by atoms with van der Waals surface area (Å²) in [5.41, 5.74) is 1.16. The molecule has 1 amide bonds. The molecule has 26 heavy (non-hydrogen) atoms. The molecule has 1 aromatic carbocycles. The monoisotopic (exact) mass is 380 g/mol. The zero-order valence-corrected chi connectivity index (χ0v) is 16.8. The predicted molar refractivity (Wildman–Crippen MR) is 105 cm³/mol. The standard InChI is InChI=1S/C20H32N2O3S/c1-3-9-17(2)21-20(23)19-13-7-14-22(16-19)26(24,25)15-8-12-18-10-5-4-6-11-18/h4-6,10-11,17,19H,3,7-9,12-16H2,1-2H3,(H,21,23)/t17-,19-/m1/s1. The zero-order valence-electron chi connectivity index (χ0n) is 16.0. The summed E-state index contributed by atoms with van der Waals surface area (Å²) in [6.45, 7) is 4.94. The third kappa shape index (κ3) is 6.40. The van der Waals surface area contributed by atoms with Gasteiger partial charge in [0.2, 0.25) is 15.9 Å². The lowest BCUT2D eigenvalue weighted by atomic mass is 9.98. The van der Waals surface area contributed by atoms with Crippen molar-refractivity contribution in [2.45, 2.75) is 58.4 Å². The molecule has 5 nitrogen and oxygen atoms in total. The van der Waals surface area contributed by atoms with Crippen molar-refractivity contribution in [3.05, 3.63) is 35.9 Å². The highest BCUT2D eigenvalue weighted by molar-refractivity contribution is 7.89. The molecule has 1 heterocycles. The summed E-state index contributed by atoms with van der Waals surface area (Å²) in [5.74, 6) is -0.0928. The Balaban J connectivity index is 1.85. The normalized spacial score (nSPS) is 19.8. The summed E-state index contributed by atoms with van der Waals surface area (Å²) in [4.78, 5) is 12.4. The van der Waals surface area contributed by atoms with Crippen molar-refractivity contribution < 1.29 is 13.2 Å². The summed E-state index contributed by atoms with van der Waals surface area (Å²) in [5, 5.41) is 3.03. The van der Waals surface area contributed by atoms with E-state index >= 15 is 0 Å². The minimum absolute atomic E-state index is 0.00450. The number of nitrogens with zero attached hydrogens (tertiary/aromatic N) is 1. The third-order valence-electron chi connectivity index (χ3n) is 4.97. The number of hydrogen-bond donors (Lipinski definition) is 1. The van der Waals surface area contributed by atoms with Gasteiger partial charge in [0.15, 0.2) is 0 Å². The van der Waals surface area contributed by atoms with Crippen molar-refractivity contribution >= 4 is 15.9 Å². The maximum absolute atomic E-state index is 12.7. The molecule has 2 rings (SSSR count). The first kappa shape index (κ1) is 20.9. The van der Waals surface area contributed by atoms with Gasteiger partial charge < -0.3 is 5.32 Å². The highest BCUT2D eigenvalue weighted by Crippen LogP contribution is 2.21. The molecule has 0 saturated carbocycles. The van der Waals surface area contributed by atoms with Gasteiger partial charge >= 0.3 is 0 Å². The molecule has 0 spiro atoms. The molecule has 1 saturated heterocycles. The summed E-state index contributed by atoms with van der Waals surface area (Å²) >= 11 is 0. The molecule has 0 radical (unpaired) electrons. The number of sulfonamides is 1. The van der Waals surface area contributed by atoms with Crippen LogP contribution in [0.5, 0.6) is 0 Å². The topological polar surface area (TPSA) is 66.5 Å². The Morgan fingerprint density at radius 3 is 2.73 bits per heavy atom. The van der Waals surface area contributed by atoms with Crippen LogP contribution < -0.4 is 5.32 Å². The van der Waals surface area contributed by atoms with E-state index < -0.39 is 10.0 Å². The number of hydrogen-bond acceptors (Lipinski definition) is 3. The molecule has 1 aliphatic rings. The smallest absolute Gasteiger partial charge is 0.224 e. The highest BCUT2D eigenvalue weighted by atomic mass is 32.2. The number of amides is 1. The van der Waals surface area contributed by atoms with E-state index in [1.165, 1.54) is 4.31 Å². The van der Waals surface area contributed by atoms with Crippen molar-refractivity contribution in [2.24, 2.45) is 5.92 Å². The van der Waals surface area contributed by atoms with Crippen LogP contribution in [0.25, 0.3) is 0 Å². The second-order valence-electron chi connectivity index (χ2n) is 7.30. The fourth-order valence-electron chi connectivity index (χ4n) is 3.51. The second-order valence-corrected chi connectivity index (χ2v) is 9.39. The van der Waals surface area contributed by atoms with Crippen molar-refractivity contribution in [1.82, 2.24) is 9.62 Å². The number of piperidine rings is 1. The van der Waals surface area contributed by atoms with Crippen LogP contribution in [0.3, 0.4) is 0 Å². The number of carbonyl (C=O) groups is 1. The van der Waals surface area contributed by atoms with E-state index in [4.69, 9.17) is 0 Å². The molecule has 6 heteroatoms. The first-order valence-electron chi connectivity index (χ1n) is 9.74. The van der Waals surface area contributed by atoms with Gasteiger partial charge in [0.25, 0.3) is 0 Å². The number of aryl methyl sites for hydroxylation is 1. The Morgan fingerprint density at radius 2 is 2.04 bits per heavy atom. The second kappa shape index (κ2) is 10.1. The van der Waals surface area contributed by atoms with E-state index in [2.05, 4.69) is 12.2 Å². The molecule has 0 bridgehead atoms. The minimum atomic E-state index is -3.31. The van der Waals surface area contributed by atoms with Gasteiger partial charge in [0, 0.05) is 19.1 Å². The number of nitrogens with one attached hydrogen (secondary N) is 1. The number of benzene rings is 1. The van der Waals surface area contributed by atoms with Gasteiger partial charge in [-0.2, -0.15) is 0 Å². The predicted octanol–water partition coefficient (Wildman–Crippen LogP) is 2.97. The molecular formula is C20H32N2O3S. The Morgan fingerprint density at radius 1 is 1.31 bits per heavy atom. The van der Waals surface area contributed by atoms with E-state index in [-0.39, 0.29) is 23.6 Å². The van der Waals surface area contributed by atoms with Crippen molar-refractivity contribution in [2.75, 3.05) is 18.8 Å². The van der Waals surface area contributed by atoms with Crippen LogP contribution in [0, 0.1) is 5.92 Å². The van der Waals surface area contributed by atoms with Crippen LogP contribution in [0.1, 0.15) is 51.5 Å². The number of carbonyl (C=O) groups excluding carboxylic acids is 1. The molecule has 2 atom stereocenters. The third-order valence-corrected chi connectivity index (χ3v) is 6.89. The lowest BCUT2D eigenvalue weighted by Gasteiger charge is -2.32. The van der Waals surface area contributed by atoms with Crippen LogP contribution in [0.2, 0.25) is 0 Å². The van der Waals surface area contributed by atoms with Gasteiger partial charge in [-0.3, -0.25) is 4.79 Å². The lowest BCUT2D eigenvalue weighted by molar-refractivity contribution is -0.126. The number of rotatable bonds is 9. The molecule has 0 unspecified atom stereocenters. The van der Waals surface area contributed by atoms with E-state index in [0.717, 1.165) is 37.7 Å². The van der Waals surface area contributed by atoms with Crippen LogP contribution in [0.15, 0.2) is 30.3 Å². The largest absolute Gasteiger partial charge is 0.353 e. The molecule has 0 aromatic heterocycles. The van der Waals surface area contributed by atoms with E-state index in [1.54, 1.807) is 0 Å². The summed E-state index contributed by atoms with van der Waals surface area (Å²) in [6, 6.07) is 10.1. The molecule has 1 aromatic rings. The zero-order chi connectivity index (χ0) is 19.0. The van der Waals surface area contributed by atoms with Crippen molar-refractivity contribution in [1.29, 1.82) is 0 Å². The summed E-state index contributed by atoms with van der Waals surface area (Å²) < 4.78 is 26.8. The first-order chi connectivity index (χ1) is 12.4. The van der Waals surface area contributed by atoms with E-state index in [9.17, 15) is 13.2 Å². The molecule has 1 fully saturated rings. The van der Waals surface area contributed by atoms with Gasteiger partial charge in [-0.05, 0) is 44.6 Å². The average molecular weight is 381 g/mol. The van der Waals surface area contributed by atoms with E-state index in [0.29, 0.717) is 19.5 Å². The first-order valence-corrected chi connectivity index (χ1v) is 11.4. The Bertz CT molecular complexity index is 661. The molecule has 0 aliphatic carbocycles. The average Bonchev–Trinajstić information content (AvgIpc) is 2.63. The van der Waals surface area contributed by atoms with Crippen LogP contribution in [0.4, 0.5) is 0 Å². The maximum atomic E-state index is 12.7. The maximum Gasteiger partial charge on any atom is 0.224 e. The van der Waals surface area contributed by atoms with Crippen LogP contribution in [-0.2, 0) is 21.2 Å². The quantitative estimate of drug-likeness (QED) is 0.716.